The number of aryl methyl sites for hydroxylation is 2. The van der Waals surface area contributed by atoms with Gasteiger partial charge in [0.05, 0.1) is 7.11 Å². The monoisotopic (exact) mass is 411 g/mol. The number of hydrogen-bond acceptors (Lipinski definition) is 4. The quantitative estimate of drug-likeness (QED) is 0.726. The number of benzene rings is 1. The third-order valence-corrected chi connectivity index (χ3v) is 6.21. The lowest BCUT2D eigenvalue weighted by Crippen LogP contribution is -2.41. The molecule has 2 aromatic rings. The lowest BCUT2D eigenvalue weighted by Gasteiger charge is -2.23. The van der Waals surface area contributed by atoms with Gasteiger partial charge in [-0.3, -0.25) is 14.5 Å². The predicted octanol–water partition coefficient (Wildman–Crippen LogP) is 2.93. The van der Waals surface area contributed by atoms with Crippen LogP contribution in [0.1, 0.15) is 47.1 Å². The number of amides is 1. The highest BCUT2D eigenvalue weighted by molar-refractivity contribution is 5.95. The number of nitrogens with one attached hydrogen (secondary N) is 1. The molecule has 1 aliphatic rings. The van der Waals surface area contributed by atoms with Crippen molar-refractivity contribution in [2.75, 3.05) is 26.7 Å². The number of para-hydroxylation sites is 1. The van der Waals surface area contributed by atoms with Crippen molar-refractivity contribution in [1.82, 2.24) is 14.8 Å². The Kier molecular flexibility index (Phi) is 7.32. The van der Waals surface area contributed by atoms with Crippen LogP contribution in [0.5, 0.6) is 5.75 Å². The number of hydrogen-bond donors (Lipinski definition) is 1. The number of nitrogens with zero attached hydrogens (tertiary/aromatic N) is 2. The summed E-state index contributed by atoms with van der Waals surface area (Å²) in [5, 5.41) is 3.01. The number of ether oxygens (including phenoxy) is 1. The maximum absolute atomic E-state index is 12.9. The summed E-state index contributed by atoms with van der Waals surface area (Å²) < 4.78 is 7.50. The first-order valence-electron chi connectivity index (χ1n) is 10.8. The standard InChI is InChI=1S/C24H33N3O3/c1-5-26-13-8-10-20(26)16-25-24(29)23-18(3)27(17(2)15-21(23)28)14-12-19-9-6-7-11-22(19)30-4/h6-7,9,11,15,20H,5,8,10,12-14,16H2,1-4H3,(H,25,29). The number of pyridine rings is 1. The summed E-state index contributed by atoms with van der Waals surface area (Å²) in [5.41, 5.74) is 2.71. The SMILES string of the molecule is CCN1CCCC1CNC(=O)c1c(C)n(CCc2ccccc2OC)c(C)cc1=O. The number of likely N-dealkylation sites (N-methyl/N-ethyl adjacent to an activating group) is 1. The Balaban J connectivity index is 1.77. The van der Waals surface area contributed by atoms with Crippen LogP contribution in [0.25, 0.3) is 0 Å². The summed E-state index contributed by atoms with van der Waals surface area (Å²) in [6.07, 6.45) is 3.00. The second-order valence-electron chi connectivity index (χ2n) is 7.96. The van der Waals surface area contributed by atoms with Crippen LogP contribution in [-0.4, -0.2) is 48.2 Å². The molecule has 1 saturated heterocycles. The van der Waals surface area contributed by atoms with Crippen LogP contribution < -0.4 is 15.5 Å². The molecule has 1 N–H and O–H groups in total. The Hall–Kier alpha value is -2.60. The van der Waals surface area contributed by atoms with Crippen LogP contribution in [0.2, 0.25) is 0 Å². The largest absolute Gasteiger partial charge is 0.496 e. The number of carbonyl (C=O) groups is 1. The van der Waals surface area contributed by atoms with Crippen molar-refractivity contribution in [1.29, 1.82) is 0 Å². The van der Waals surface area contributed by atoms with E-state index in [-0.39, 0.29) is 16.9 Å². The average molecular weight is 412 g/mol. The van der Waals surface area contributed by atoms with E-state index in [4.69, 9.17) is 4.74 Å². The third kappa shape index (κ3) is 4.75. The van der Waals surface area contributed by atoms with Gasteiger partial charge in [-0.05, 0) is 57.8 Å². The molecule has 0 spiro atoms. The van der Waals surface area contributed by atoms with E-state index in [1.807, 2.05) is 38.1 Å². The summed E-state index contributed by atoms with van der Waals surface area (Å²) in [5.74, 6) is 0.579. The summed E-state index contributed by atoms with van der Waals surface area (Å²) >= 11 is 0. The molecular weight excluding hydrogens is 378 g/mol. The van der Waals surface area contributed by atoms with Gasteiger partial charge in [-0.25, -0.2) is 0 Å². The number of likely N-dealkylation sites (tertiary alicyclic amines) is 1. The maximum Gasteiger partial charge on any atom is 0.257 e. The van der Waals surface area contributed by atoms with E-state index in [0.717, 1.165) is 49.4 Å². The van der Waals surface area contributed by atoms with Gasteiger partial charge in [0.1, 0.15) is 11.3 Å². The van der Waals surface area contributed by atoms with Crippen LogP contribution in [0.4, 0.5) is 0 Å². The zero-order valence-corrected chi connectivity index (χ0v) is 18.5. The van der Waals surface area contributed by atoms with Crippen molar-refractivity contribution in [3.63, 3.8) is 0 Å². The summed E-state index contributed by atoms with van der Waals surface area (Å²) in [7, 11) is 1.67. The van der Waals surface area contributed by atoms with Crippen molar-refractivity contribution in [3.05, 3.63) is 63.1 Å². The summed E-state index contributed by atoms with van der Waals surface area (Å²) in [6.45, 7) is 9.24. The van der Waals surface area contributed by atoms with E-state index in [2.05, 4.69) is 21.7 Å². The van der Waals surface area contributed by atoms with E-state index >= 15 is 0 Å². The van der Waals surface area contributed by atoms with E-state index in [1.165, 1.54) is 0 Å². The Labute approximate surface area is 178 Å². The van der Waals surface area contributed by atoms with Crippen molar-refractivity contribution in [2.45, 2.75) is 52.6 Å². The van der Waals surface area contributed by atoms with E-state index in [0.29, 0.717) is 24.8 Å². The minimum atomic E-state index is -0.272. The smallest absolute Gasteiger partial charge is 0.257 e. The number of carbonyl (C=O) groups excluding carboxylic acids is 1. The first-order valence-corrected chi connectivity index (χ1v) is 10.8. The van der Waals surface area contributed by atoms with Gasteiger partial charge in [0.15, 0.2) is 5.43 Å². The fourth-order valence-electron chi connectivity index (χ4n) is 4.52. The molecule has 0 aliphatic carbocycles. The Morgan fingerprint density at radius 3 is 2.77 bits per heavy atom. The van der Waals surface area contributed by atoms with Crippen molar-refractivity contribution in [2.24, 2.45) is 0 Å². The average Bonchev–Trinajstić information content (AvgIpc) is 3.19. The third-order valence-electron chi connectivity index (χ3n) is 6.21. The van der Waals surface area contributed by atoms with E-state index < -0.39 is 0 Å². The van der Waals surface area contributed by atoms with Crippen LogP contribution in [-0.2, 0) is 13.0 Å². The van der Waals surface area contributed by atoms with Crippen molar-refractivity contribution < 1.29 is 9.53 Å². The molecule has 1 aromatic carbocycles. The zero-order chi connectivity index (χ0) is 21.7. The molecular formula is C24H33N3O3. The van der Waals surface area contributed by atoms with Gasteiger partial charge in [-0.2, -0.15) is 0 Å². The lowest BCUT2D eigenvalue weighted by molar-refractivity contribution is 0.0938. The molecule has 1 aromatic heterocycles. The van der Waals surface area contributed by atoms with Gasteiger partial charge in [-0.15, -0.1) is 0 Å². The van der Waals surface area contributed by atoms with Gasteiger partial charge in [0.2, 0.25) is 0 Å². The minimum Gasteiger partial charge on any atom is -0.496 e. The maximum atomic E-state index is 12.9. The topological polar surface area (TPSA) is 63.6 Å². The highest BCUT2D eigenvalue weighted by Crippen LogP contribution is 2.20. The van der Waals surface area contributed by atoms with Gasteiger partial charge in [0.25, 0.3) is 5.91 Å². The van der Waals surface area contributed by atoms with Crippen LogP contribution in [0.15, 0.2) is 35.1 Å². The normalized spacial score (nSPS) is 16.6. The molecule has 30 heavy (non-hydrogen) atoms. The van der Waals surface area contributed by atoms with Gasteiger partial charge in [-0.1, -0.05) is 25.1 Å². The molecule has 162 valence electrons. The Morgan fingerprint density at radius 2 is 2.03 bits per heavy atom. The molecule has 1 unspecified atom stereocenters. The molecule has 0 bridgehead atoms. The second-order valence-corrected chi connectivity index (χ2v) is 7.96. The zero-order valence-electron chi connectivity index (χ0n) is 18.5. The Bertz CT molecular complexity index is 951. The first kappa shape index (κ1) is 22.1. The first-order chi connectivity index (χ1) is 14.5. The Morgan fingerprint density at radius 1 is 1.27 bits per heavy atom. The molecule has 0 saturated carbocycles. The van der Waals surface area contributed by atoms with Crippen LogP contribution >= 0.6 is 0 Å². The van der Waals surface area contributed by atoms with Gasteiger partial charge in [0, 0.05) is 36.6 Å². The molecule has 1 atom stereocenters. The molecule has 6 heteroatoms. The molecule has 0 radical (unpaired) electrons. The van der Waals surface area contributed by atoms with Crippen molar-refractivity contribution in [3.8, 4) is 5.75 Å². The van der Waals surface area contributed by atoms with Crippen LogP contribution in [0.3, 0.4) is 0 Å². The fourth-order valence-corrected chi connectivity index (χ4v) is 4.52. The van der Waals surface area contributed by atoms with Gasteiger partial charge >= 0.3 is 0 Å². The lowest BCUT2D eigenvalue weighted by atomic mass is 10.1. The fraction of sp³-hybridized carbons (Fsp3) is 0.500. The minimum absolute atomic E-state index is 0.213. The second kappa shape index (κ2) is 9.94. The molecule has 1 aliphatic heterocycles. The predicted molar refractivity (Wildman–Crippen MR) is 119 cm³/mol. The molecule has 1 fully saturated rings. The molecule has 6 nitrogen and oxygen atoms in total. The molecule has 2 heterocycles. The number of methoxy groups -OCH3 is 1. The van der Waals surface area contributed by atoms with Gasteiger partial charge < -0.3 is 14.6 Å². The molecule has 1 amide bonds. The van der Waals surface area contributed by atoms with E-state index in [1.54, 1.807) is 13.2 Å². The number of aromatic nitrogens is 1. The summed E-state index contributed by atoms with van der Waals surface area (Å²) in [4.78, 5) is 27.9. The van der Waals surface area contributed by atoms with E-state index in [9.17, 15) is 9.59 Å². The number of rotatable bonds is 8. The van der Waals surface area contributed by atoms with Crippen molar-refractivity contribution >= 4 is 5.91 Å². The highest BCUT2D eigenvalue weighted by atomic mass is 16.5. The summed E-state index contributed by atoms with van der Waals surface area (Å²) in [6, 6.07) is 9.85. The molecule has 3 rings (SSSR count). The van der Waals surface area contributed by atoms with Crippen LogP contribution in [0, 0.1) is 13.8 Å². The highest BCUT2D eigenvalue weighted by Gasteiger charge is 2.24.